The first-order valence-corrected chi connectivity index (χ1v) is 8.86. The Morgan fingerprint density at radius 2 is 2.08 bits per heavy atom. The van der Waals surface area contributed by atoms with Gasteiger partial charge in [0.15, 0.2) is 0 Å². The van der Waals surface area contributed by atoms with Gasteiger partial charge >= 0.3 is 0 Å². The van der Waals surface area contributed by atoms with E-state index in [1.165, 1.54) is 0 Å². The number of carbonyl (C=O) groups is 1. The van der Waals surface area contributed by atoms with Gasteiger partial charge in [-0.15, -0.1) is 0 Å². The molecule has 2 aromatic heterocycles. The van der Waals surface area contributed by atoms with Gasteiger partial charge in [-0.1, -0.05) is 5.16 Å². The van der Waals surface area contributed by atoms with E-state index in [9.17, 15) is 4.79 Å². The fourth-order valence-electron chi connectivity index (χ4n) is 3.19. The van der Waals surface area contributed by atoms with Gasteiger partial charge in [-0.3, -0.25) is 9.89 Å². The maximum Gasteiger partial charge on any atom is 0.224 e. The molecule has 26 heavy (non-hydrogen) atoms. The average Bonchev–Trinajstić information content (AvgIpc) is 3.10. The first-order chi connectivity index (χ1) is 12.5. The normalized spacial score (nSPS) is 20.3. The van der Waals surface area contributed by atoms with E-state index in [0.717, 1.165) is 40.4 Å². The highest BCUT2D eigenvalue weighted by Gasteiger charge is 2.29. The molecule has 2 atom stereocenters. The second-order valence-electron chi connectivity index (χ2n) is 6.78. The number of aryl methyl sites for hydroxylation is 4. The predicted molar refractivity (Wildman–Crippen MR) is 93.7 cm³/mol. The zero-order chi connectivity index (χ0) is 18.7. The fraction of sp³-hybridized carbons (Fsp3) is 0.611. The van der Waals surface area contributed by atoms with Crippen LogP contribution in [0, 0.1) is 27.7 Å². The summed E-state index contributed by atoms with van der Waals surface area (Å²) in [4.78, 5) is 12.5. The van der Waals surface area contributed by atoms with Gasteiger partial charge in [0.05, 0.1) is 37.1 Å². The molecule has 8 nitrogen and oxygen atoms in total. The molecule has 1 saturated heterocycles. The highest BCUT2D eigenvalue weighted by atomic mass is 16.5. The van der Waals surface area contributed by atoms with Crippen molar-refractivity contribution in [3.8, 4) is 0 Å². The number of aromatic nitrogens is 3. The lowest BCUT2D eigenvalue weighted by atomic mass is 10.0. The molecule has 0 unspecified atom stereocenters. The zero-order valence-electron chi connectivity index (χ0n) is 15.7. The van der Waals surface area contributed by atoms with Crippen molar-refractivity contribution >= 4 is 5.91 Å². The van der Waals surface area contributed by atoms with E-state index in [0.29, 0.717) is 26.2 Å². The van der Waals surface area contributed by atoms with Gasteiger partial charge in [-0.25, -0.2) is 0 Å². The maximum atomic E-state index is 12.5. The summed E-state index contributed by atoms with van der Waals surface area (Å²) in [6, 6.07) is -0.0794. The minimum atomic E-state index is -0.201. The largest absolute Gasteiger partial charge is 0.379 e. The van der Waals surface area contributed by atoms with Crippen molar-refractivity contribution in [2.24, 2.45) is 0 Å². The van der Waals surface area contributed by atoms with Crippen molar-refractivity contribution in [3.05, 3.63) is 34.0 Å². The van der Waals surface area contributed by atoms with Crippen LogP contribution in [0.15, 0.2) is 4.52 Å². The molecule has 0 radical (unpaired) electrons. The predicted octanol–water partition coefficient (Wildman–Crippen LogP) is 1.66. The topological polar surface area (TPSA) is 102 Å². The molecule has 0 spiro atoms. The molecule has 1 aliphatic heterocycles. The average molecular weight is 362 g/mol. The Balaban J connectivity index is 1.59. The van der Waals surface area contributed by atoms with Crippen LogP contribution in [0.2, 0.25) is 0 Å². The van der Waals surface area contributed by atoms with Crippen molar-refractivity contribution in [2.45, 2.75) is 59.3 Å². The summed E-state index contributed by atoms with van der Waals surface area (Å²) in [6.45, 7) is 9.04. The molecule has 2 N–H and O–H groups in total. The van der Waals surface area contributed by atoms with Crippen molar-refractivity contribution in [1.82, 2.24) is 20.7 Å². The second kappa shape index (κ2) is 8.01. The summed E-state index contributed by atoms with van der Waals surface area (Å²) in [6.07, 6.45) is 0.830. The molecule has 0 bridgehead atoms. The number of carbonyl (C=O) groups excluding carboxylic acids is 1. The minimum Gasteiger partial charge on any atom is -0.379 e. The summed E-state index contributed by atoms with van der Waals surface area (Å²) in [5, 5.41) is 14.1. The Hall–Kier alpha value is -2.19. The van der Waals surface area contributed by atoms with Crippen molar-refractivity contribution in [1.29, 1.82) is 0 Å². The molecule has 0 aliphatic carbocycles. The Morgan fingerprint density at radius 1 is 1.27 bits per heavy atom. The van der Waals surface area contributed by atoms with Crippen LogP contribution in [-0.2, 0) is 27.3 Å². The SMILES string of the molecule is Cc1n[nH]c(C)c1CC(=O)N[C@@H]1CCOC[C@H]1OCc1c(C)noc1C. The van der Waals surface area contributed by atoms with E-state index in [4.69, 9.17) is 14.0 Å². The van der Waals surface area contributed by atoms with Crippen LogP contribution in [0.4, 0.5) is 0 Å². The molecule has 0 aromatic carbocycles. The standard InChI is InChI=1S/C18H26N4O4/c1-10-14(11(2)21-20-10)7-18(23)19-16-5-6-24-9-17(16)25-8-15-12(3)22-26-13(15)4/h16-17H,5-9H2,1-4H3,(H,19,23)(H,20,21)/t16-,17-/m1/s1. The highest BCUT2D eigenvalue weighted by Crippen LogP contribution is 2.18. The number of amides is 1. The van der Waals surface area contributed by atoms with E-state index >= 15 is 0 Å². The summed E-state index contributed by atoms with van der Waals surface area (Å²) in [7, 11) is 0. The summed E-state index contributed by atoms with van der Waals surface area (Å²) < 4.78 is 16.7. The molecule has 8 heteroatoms. The fourth-order valence-corrected chi connectivity index (χ4v) is 3.19. The lowest BCUT2D eigenvalue weighted by Crippen LogP contribution is -2.50. The van der Waals surface area contributed by atoms with Crippen molar-refractivity contribution in [2.75, 3.05) is 13.2 Å². The van der Waals surface area contributed by atoms with Gasteiger partial charge in [-0.05, 0) is 34.1 Å². The van der Waals surface area contributed by atoms with Crippen LogP contribution in [0.1, 0.15) is 40.4 Å². The molecule has 3 heterocycles. The summed E-state index contributed by atoms with van der Waals surface area (Å²) in [5.74, 6) is 0.723. The smallest absolute Gasteiger partial charge is 0.224 e. The maximum absolute atomic E-state index is 12.5. The summed E-state index contributed by atoms with van der Waals surface area (Å²) >= 11 is 0. The highest BCUT2D eigenvalue weighted by molar-refractivity contribution is 5.79. The third kappa shape index (κ3) is 4.13. The van der Waals surface area contributed by atoms with E-state index in [2.05, 4.69) is 20.7 Å². The van der Waals surface area contributed by atoms with Crippen LogP contribution >= 0.6 is 0 Å². The molecule has 1 amide bonds. The summed E-state index contributed by atoms with van der Waals surface area (Å²) in [5.41, 5.74) is 4.51. The van der Waals surface area contributed by atoms with Gasteiger partial charge in [0.25, 0.3) is 0 Å². The number of nitrogens with one attached hydrogen (secondary N) is 2. The van der Waals surface area contributed by atoms with Crippen LogP contribution in [-0.4, -0.2) is 46.6 Å². The monoisotopic (exact) mass is 362 g/mol. The van der Waals surface area contributed by atoms with Gasteiger partial charge in [-0.2, -0.15) is 5.10 Å². The third-order valence-corrected chi connectivity index (χ3v) is 4.89. The first kappa shape index (κ1) is 18.6. The zero-order valence-corrected chi connectivity index (χ0v) is 15.7. The Labute approximate surface area is 152 Å². The van der Waals surface area contributed by atoms with E-state index < -0.39 is 0 Å². The second-order valence-corrected chi connectivity index (χ2v) is 6.78. The minimum absolute atomic E-state index is 0.0320. The van der Waals surface area contributed by atoms with Crippen molar-refractivity contribution in [3.63, 3.8) is 0 Å². The number of rotatable bonds is 6. The lowest BCUT2D eigenvalue weighted by Gasteiger charge is -2.32. The molecule has 1 aliphatic rings. The molecule has 2 aromatic rings. The van der Waals surface area contributed by atoms with Gasteiger partial charge in [0.1, 0.15) is 11.9 Å². The molecule has 0 saturated carbocycles. The number of hydrogen-bond donors (Lipinski definition) is 2. The Bertz CT molecular complexity index is 728. The number of aromatic amines is 1. The Kier molecular flexibility index (Phi) is 5.73. The van der Waals surface area contributed by atoms with E-state index in [-0.39, 0.29) is 18.1 Å². The quantitative estimate of drug-likeness (QED) is 0.810. The first-order valence-electron chi connectivity index (χ1n) is 8.86. The van der Waals surface area contributed by atoms with E-state index in [1.54, 1.807) is 0 Å². The van der Waals surface area contributed by atoms with Crippen LogP contribution in [0.25, 0.3) is 0 Å². The van der Waals surface area contributed by atoms with Crippen LogP contribution in [0.3, 0.4) is 0 Å². The lowest BCUT2D eigenvalue weighted by molar-refractivity contribution is -0.126. The molecular weight excluding hydrogens is 336 g/mol. The van der Waals surface area contributed by atoms with Gasteiger partial charge in [0.2, 0.25) is 5.91 Å². The molecule has 3 rings (SSSR count). The van der Waals surface area contributed by atoms with Gasteiger partial charge in [0, 0.05) is 23.4 Å². The van der Waals surface area contributed by atoms with Crippen molar-refractivity contribution < 1.29 is 18.8 Å². The van der Waals surface area contributed by atoms with Crippen LogP contribution in [0.5, 0.6) is 0 Å². The van der Waals surface area contributed by atoms with Crippen LogP contribution < -0.4 is 5.32 Å². The molecule has 1 fully saturated rings. The Morgan fingerprint density at radius 3 is 2.73 bits per heavy atom. The number of hydrogen-bond acceptors (Lipinski definition) is 6. The van der Waals surface area contributed by atoms with Gasteiger partial charge < -0.3 is 19.3 Å². The third-order valence-electron chi connectivity index (χ3n) is 4.89. The number of H-pyrrole nitrogens is 1. The molecular formula is C18H26N4O4. The number of nitrogens with zero attached hydrogens (tertiary/aromatic N) is 2. The molecule has 142 valence electrons. The number of ether oxygens (including phenoxy) is 2. The van der Waals surface area contributed by atoms with E-state index in [1.807, 2.05) is 27.7 Å².